The lowest BCUT2D eigenvalue weighted by Crippen LogP contribution is -1.83. The van der Waals surface area contributed by atoms with E-state index in [4.69, 9.17) is 0 Å². The van der Waals surface area contributed by atoms with Gasteiger partial charge in [-0.3, -0.25) is 5.10 Å². The van der Waals surface area contributed by atoms with Gasteiger partial charge in [-0.2, -0.15) is 0 Å². The first-order valence-corrected chi connectivity index (χ1v) is 6.59. The summed E-state index contributed by atoms with van der Waals surface area (Å²) in [6.45, 7) is 4.07. The SMILES string of the molecule is CCc1nc(SCc2csc(C)n2)n[nH]1. The molecule has 6 heteroatoms. The fraction of sp³-hybridized carbons (Fsp3) is 0.444. The second-order valence-electron chi connectivity index (χ2n) is 3.06. The van der Waals surface area contributed by atoms with Crippen LogP contribution in [0.25, 0.3) is 0 Å². The molecular weight excluding hydrogens is 228 g/mol. The zero-order valence-electron chi connectivity index (χ0n) is 8.65. The van der Waals surface area contributed by atoms with Gasteiger partial charge < -0.3 is 0 Å². The van der Waals surface area contributed by atoms with Crippen LogP contribution in [0.5, 0.6) is 0 Å². The lowest BCUT2D eigenvalue weighted by Gasteiger charge is -1.91. The van der Waals surface area contributed by atoms with E-state index in [1.165, 1.54) is 0 Å². The highest BCUT2D eigenvalue weighted by atomic mass is 32.2. The van der Waals surface area contributed by atoms with Crippen molar-refractivity contribution in [3.63, 3.8) is 0 Å². The molecule has 0 aromatic carbocycles. The van der Waals surface area contributed by atoms with Crippen molar-refractivity contribution in [2.24, 2.45) is 0 Å². The van der Waals surface area contributed by atoms with Gasteiger partial charge in [0.2, 0.25) is 5.16 Å². The standard InChI is InChI=1S/C9H12N4S2/c1-3-8-11-9(13-12-8)15-5-7-4-14-6(2)10-7/h4H,3,5H2,1-2H3,(H,11,12,13). The summed E-state index contributed by atoms with van der Waals surface area (Å²) in [5.74, 6) is 1.78. The van der Waals surface area contributed by atoms with Crippen molar-refractivity contribution in [1.29, 1.82) is 0 Å². The number of thiazole rings is 1. The van der Waals surface area contributed by atoms with Crippen molar-refractivity contribution in [1.82, 2.24) is 20.2 Å². The summed E-state index contributed by atoms with van der Waals surface area (Å²) in [7, 11) is 0. The predicted octanol–water partition coefficient (Wildman–Crippen LogP) is 2.42. The third kappa shape index (κ3) is 2.79. The molecule has 2 aromatic heterocycles. The Morgan fingerprint density at radius 2 is 2.33 bits per heavy atom. The quantitative estimate of drug-likeness (QED) is 0.834. The molecule has 0 spiro atoms. The van der Waals surface area contributed by atoms with Crippen LogP contribution in [0.15, 0.2) is 10.5 Å². The van der Waals surface area contributed by atoms with E-state index in [-0.39, 0.29) is 0 Å². The van der Waals surface area contributed by atoms with Gasteiger partial charge in [0.05, 0.1) is 10.7 Å². The van der Waals surface area contributed by atoms with Crippen LogP contribution in [-0.2, 0) is 12.2 Å². The molecule has 15 heavy (non-hydrogen) atoms. The molecule has 4 nitrogen and oxygen atoms in total. The number of hydrogen-bond acceptors (Lipinski definition) is 5. The lowest BCUT2D eigenvalue weighted by molar-refractivity contribution is 0.941. The zero-order chi connectivity index (χ0) is 10.7. The highest BCUT2D eigenvalue weighted by molar-refractivity contribution is 7.98. The molecule has 0 radical (unpaired) electrons. The minimum atomic E-state index is 0.803. The smallest absolute Gasteiger partial charge is 0.208 e. The minimum Gasteiger partial charge on any atom is -0.262 e. The number of H-pyrrole nitrogens is 1. The molecule has 0 atom stereocenters. The van der Waals surface area contributed by atoms with E-state index in [2.05, 4.69) is 32.5 Å². The van der Waals surface area contributed by atoms with Crippen molar-refractivity contribution in [2.45, 2.75) is 31.2 Å². The van der Waals surface area contributed by atoms with E-state index in [9.17, 15) is 0 Å². The van der Waals surface area contributed by atoms with Crippen molar-refractivity contribution >= 4 is 23.1 Å². The highest BCUT2D eigenvalue weighted by Crippen LogP contribution is 2.20. The molecule has 0 amide bonds. The first-order valence-electron chi connectivity index (χ1n) is 4.73. The van der Waals surface area contributed by atoms with Gasteiger partial charge in [-0.1, -0.05) is 18.7 Å². The number of nitrogens with one attached hydrogen (secondary N) is 1. The van der Waals surface area contributed by atoms with Crippen LogP contribution in [0.4, 0.5) is 0 Å². The van der Waals surface area contributed by atoms with Crippen molar-refractivity contribution in [3.8, 4) is 0 Å². The van der Waals surface area contributed by atoms with E-state index in [0.29, 0.717) is 0 Å². The van der Waals surface area contributed by atoms with Gasteiger partial charge in [0, 0.05) is 17.6 Å². The summed E-state index contributed by atoms with van der Waals surface area (Å²) >= 11 is 3.29. The first-order chi connectivity index (χ1) is 7.28. The molecule has 0 saturated carbocycles. The van der Waals surface area contributed by atoms with Crippen molar-refractivity contribution < 1.29 is 0 Å². The monoisotopic (exact) mass is 240 g/mol. The summed E-state index contributed by atoms with van der Waals surface area (Å²) < 4.78 is 0. The molecule has 0 aliphatic carbocycles. The number of aryl methyl sites for hydroxylation is 2. The molecule has 2 rings (SSSR count). The molecule has 2 heterocycles. The van der Waals surface area contributed by atoms with E-state index < -0.39 is 0 Å². The number of aromatic nitrogens is 4. The largest absolute Gasteiger partial charge is 0.262 e. The number of hydrogen-bond donors (Lipinski definition) is 1. The maximum absolute atomic E-state index is 4.38. The molecule has 0 fully saturated rings. The van der Waals surface area contributed by atoms with Crippen LogP contribution in [0, 0.1) is 6.92 Å². The Morgan fingerprint density at radius 3 is 2.93 bits per heavy atom. The Balaban J connectivity index is 1.93. The third-order valence-corrected chi connectivity index (χ3v) is 3.57. The number of thioether (sulfide) groups is 1. The Bertz CT molecular complexity index is 435. The highest BCUT2D eigenvalue weighted by Gasteiger charge is 2.04. The summed E-state index contributed by atoms with van der Waals surface area (Å²) in [4.78, 5) is 8.71. The van der Waals surface area contributed by atoms with Crippen LogP contribution >= 0.6 is 23.1 Å². The van der Waals surface area contributed by atoms with Gasteiger partial charge in [0.1, 0.15) is 5.82 Å². The van der Waals surface area contributed by atoms with E-state index in [1.54, 1.807) is 23.1 Å². The summed E-state index contributed by atoms with van der Waals surface area (Å²) in [5.41, 5.74) is 1.10. The Kier molecular flexibility index (Phi) is 3.37. The lowest BCUT2D eigenvalue weighted by atomic mass is 10.5. The van der Waals surface area contributed by atoms with Crippen LogP contribution in [0.2, 0.25) is 0 Å². The van der Waals surface area contributed by atoms with Crippen LogP contribution in [0.1, 0.15) is 23.4 Å². The summed E-state index contributed by atoms with van der Waals surface area (Å²) in [6.07, 6.45) is 0.892. The van der Waals surface area contributed by atoms with E-state index in [0.717, 1.165) is 33.9 Å². The average Bonchev–Trinajstić information content (AvgIpc) is 2.83. The molecular formula is C9H12N4S2. The van der Waals surface area contributed by atoms with Gasteiger partial charge >= 0.3 is 0 Å². The molecule has 0 aliphatic heterocycles. The van der Waals surface area contributed by atoms with Crippen molar-refractivity contribution in [2.75, 3.05) is 0 Å². The Hall–Kier alpha value is -0.880. The minimum absolute atomic E-state index is 0.803. The second-order valence-corrected chi connectivity index (χ2v) is 5.07. The van der Waals surface area contributed by atoms with Gasteiger partial charge in [0.15, 0.2) is 0 Å². The molecule has 1 N–H and O–H groups in total. The Labute approximate surface area is 96.5 Å². The molecule has 80 valence electrons. The predicted molar refractivity (Wildman–Crippen MR) is 62.2 cm³/mol. The number of nitrogens with zero attached hydrogens (tertiary/aromatic N) is 3. The van der Waals surface area contributed by atoms with E-state index in [1.807, 2.05) is 6.92 Å². The Morgan fingerprint density at radius 1 is 1.47 bits per heavy atom. The number of rotatable bonds is 4. The summed E-state index contributed by atoms with van der Waals surface area (Å²) in [5, 5.41) is 11.0. The second kappa shape index (κ2) is 4.76. The zero-order valence-corrected chi connectivity index (χ0v) is 10.3. The maximum Gasteiger partial charge on any atom is 0.208 e. The van der Waals surface area contributed by atoms with Gasteiger partial charge in [-0.05, 0) is 6.92 Å². The molecule has 0 bridgehead atoms. The van der Waals surface area contributed by atoms with Crippen LogP contribution in [0.3, 0.4) is 0 Å². The van der Waals surface area contributed by atoms with Crippen molar-refractivity contribution in [3.05, 3.63) is 21.9 Å². The van der Waals surface area contributed by atoms with Gasteiger partial charge in [0.25, 0.3) is 0 Å². The van der Waals surface area contributed by atoms with Gasteiger partial charge in [-0.25, -0.2) is 9.97 Å². The fourth-order valence-electron chi connectivity index (χ4n) is 1.11. The molecule has 0 unspecified atom stereocenters. The fourth-order valence-corrected chi connectivity index (χ4v) is 2.54. The third-order valence-electron chi connectivity index (χ3n) is 1.86. The first kappa shape index (κ1) is 10.6. The normalized spacial score (nSPS) is 10.8. The van der Waals surface area contributed by atoms with Gasteiger partial charge in [-0.15, -0.1) is 16.4 Å². The molecule has 0 aliphatic rings. The van der Waals surface area contributed by atoms with Crippen LogP contribution in [-0.4, -0.2) is 20.2 Å². The number of aromatic amines is 1. The summed E-state index contributed by atoms with van der Waals surface area (Å²) in [6, 6.07) is 0. The van der Waals surface area contributed by atoms with Crippen LogP contribution < -0.4 is 0 Å². The maximum atomic E-state index is 4.38. The topological polar surface area (TPSA) is 54.5 Å². The van der Waals surface area contributed by atoms with E-state index >= 15 is 0 Å². The average molecular weight is 240 g/mol. The molecule has 0 saturated heterocycles. The molecule has 2 aromatic rings.